The molecule has 1 aliphatic rings. The number of nitrogens with one attached hydrogen (secondary N) is 1. The van der Waals surface area contributed by atoms with Gasteiger partial charge in [-0.3, -0.25) is 4.79 Å². The second kappa shape index (κ2) is 8.18. The second-order valence-electron chi connectivity index (χ2n) is 4.35. The Bertz CT molecular complexity index is 257. The van der Waals surface area contributed by atoms with Gasteiger partial charge < -0.3 is 10.4 Å². The van der Waals surface area contributed by atoms with Gasteiger partial charge in [0.25, 0.3) is 0 Å². The molecular weight excluding hydrogens is 202 g/mol. The largest absolute Gasteiger partial charge is 0.384 e. The Morgan fingerprint density at radius 2 is 1.88 bits per heavy atom. The predicted octanol–water partition coefficient (Wildman–Crippen LogP) is 1.46. The zero-order valence-electron chi connectivity index (χ0n) is 9.80. The van der Waals surface area contributed by atoms with Gasteiger partial charge in [0.15, 0.2) is 0 Å². The van der Waals surface area contributed by atoms with Gasteiger partial charge in [0.05, 0.1) is 6.54 Å². The van der Waals surface area contributed by atoms with E-state index in [0.717, 1.165) is 0 Å². The quantitative estimate of drug-likeness (QED) is 0.562. The number of aliphatic hydroxyl groups excluding tert-OH is 1. The topological polar surface area (TPSA) is 49.3 Å². The Labute approximate surface area is 97.6 Å². The highest BCUT2D eigenvalue weighted by atomic mass is 16.2. The Morgan fingerprint density at radius 3 is 2.50 bits per heavy atom. The van der Waals surface area contributed by atoms with Gasteiger partial charge in [0.2, 0.25) is 5.91 Å². The first-order valence-corrected chi connectivity index (χ1v) is 6.16. The number of aliphatic hydroxyl groups is 1. The summed E-state index contributed by atoms with van der Waals surface area (Å²) in [5.41, 5.74) is 0. The minimum Gasteiger partial charge on any atom is -0.384 e. The first-order valence-electron chi connectivity index (χ1n) is 6.16. The first kappa shape index (κ1) is 13.1. The average Bonchev–Trinajstić information content (AvgIpc) is 2.53. The summed E-state index contributed by atoms with van der Waals surface area (Å²) in [6.07, 6.45) is 8.19. The SMILES string of the molecule is O=C(CC1CCCCCC1)NCC#CCO. The molecule has 0 saturated heterocycles. The Kier molecular flexibility index (Phi) is 6.67. The minimum absolute atomic E-state index is 0.0964. The summed E-state index contributed by atoms with van der Waals surface area (Å²) in [6.45, 7) is 0.213. The van der Waals surface area contributed by atoms with Gasteiger partial charge in [-0.25, -0.2) is 0 Å². The van der Waals surface area contributed by atoms with Crippen molar-refractivity contribution in [2.75, 3.05) is 13.2 Å². The average molecular weight is 223 g/mol. The summed E-state index contributed by atoms with van der Waals surface area (Å²) in [5.74, 6) is 5.85. The molecule has 2 N–H and O–H groups in total. The van der Waals surface area contributed by atoms with Gasteiger partial charge in [0, 0.05) is 6.42 Å². The molecule has 0 aromatic carbocycles. The molecule has 16 heavy (non-hydrogen) atoms. The van der Waals surface area contributed by atoms with E-state index in [-0.39, 0.29) is 12.5 Å². The number of rotatable bonds is 3. The number of amides is 1. The van der Waals surface area contributed by atoms with Crippen LogP contribution in [-0.4, -0.2) is 24.2 Å². The molecule has 3 heteroatoms. The number of carbonyl (C=O) groups excluding carboxylic acids is 1. The lowest BCUT2D eigenvalue weighted by Gasteiger charge is -2.12. The minimum atomic E-state index is -0.140. The van der Waals surface area contributed by atoms with Crippen molar-refractivity contribution in [3.8, 4) is 11.8 Å². The van der Waals surface area contributed by atoms with Crippen molar-refractivity contribution in [1.82, 2.24) is 5.32 Å². The molecule has 3 nitrogen and oxygen atoms in total. The normalized spacial score (nSPS) is 17.1. The van der Waals surface area contributed by atoms with Gasteiger partial charge >= 0.3 is 0 Å². The van der Waals surface area contributed by atoms with E-state index in [1.807, 2.05) is 0 Å². The van der Waals surface area contributed by atoms with Crippen molar-refractivity contribution in [3.63, 3.8) is 0 Å². The monoisotopic (exact) mass is 223 g/mol. The molecule has 0 bridgehead atoms. The van der Waals surface area contributed by atoms with Crippen LogP contribution in [0.2, 0.25) is 0 Å². The first-order chi connectivity index (χ1) is 7.83. The lowest BCUT2D eigenvalue weighted by Crippen LogP contribution is -2.25. The molecule has 1 aliphatic carbocycles. The van der Waals surface area contributed by atoms with Crippen LogP contribution in [0, 0.1) is 17.8 Å². The van der Waals surface area contributed by atoms with Crippen LogP contribution in [0.4, 0.5) is 0 Å². The molecule has 0 heterocycles. The van der Waals surface area contributed by atoms with Crippen molar-refractivity contribution in [2.45, 2.75) is 44.9 Å². The summed E-state index contributed by atoms with van der Waals surface area (Å²) in [4.78, 5) is 11.5. The number of carbonyl (C=O) groups is 1. The maximum absolute atomic E-state index is 11.5. The fourth-order valence-electron chi connectivity index (χ4n) is 2.16. The highest BCUT2D eigenvalue weighted by molar-refractivity contribution is 5.76. The van der Waals surface area contributed by atoms with Gasteiger partial charge in [0.1, 0.15) is 6.61 Å². The molecule has 1 fully saturated rings. The van der Waals surface area contributed by atoms with Crippen LogP contribution in [0.5, 0.6) is 0 Å². The lowest BCUT2D eigenvalue weighted by atomic mass is 9.96. The summed E-state index contributed by atoms with van der Waals surface area (Å²) in [7, 11) is 0. The van der Waals surface area contributed by atoms with E-state index < -0.39 is 0 Å². The molecule has 0 aromatic rings. The zero-order valence-corrected chi connectivity index (χ0v) is 9.80. The summed E-state index contributed by atoms with van der Waals surface area (Å²) < 4.78 is 0. The fourth-order valence-corrected chi connectivity index (χ4v) is 2.16. The van der Waals surface area contributed by atoms with Crippen LogP contribution in [-0.2, 0) is 4.79 Å². The van der Waals surface area contributed by atoms with E-state index in [1.54, 1.807) is 0 Å². The Morgan fingerprint density at radius 1 is 1.19 bits per heavy atom. The maximum atomic E-state index is 11.5. The summed E-state index contributed by atoms with van der Waals surface area (Å²) in [5, 5.41) is 11.2. The second-order valence-corrected chi connectivity index (χ2v) is 4.35. The van der Waals surface area contributed by atoms with Crippen LogP contribution in [0.1, 0.15) is 44.9 Å². The third-order valence-electron chi connectivity index (χ3n) is 3.03. The predicted molar refractivity (Wildman–Crippen MR) is 63.7 cm³/mol. The Hall–Kier alpha value is -1.01. The van der Waals surface area contributed by atoms with Gasteiger partial charge in [-0.2, -0.15) is 0 Å². The third-order valence-corrected chi connectivity index (χ3v) is 3.03. The molecule has 0 spiro atoms. The van der Waals surface area contributed by atoms with E-state index in [1.165, 1.54) is 38.5 Å². The maximum Gasteiger partial charge on any atom is 0.221 e. The smallest absolute Gasteiger partial charge is 0.221 e. The molecular formula is C13H21NO2. The van der Waals surface area contributed by atoms with Crippen LogP contribution in [0.3, 0.4) is 0 Å². The fraction of sp³-hybridized carbons (Fsp3) is 0.769. The van der Waals surface area contributed by atoms with E-state index in [0.29, 0.717) is 18.9 Å². The molecule has 90 valence electrons. The molecule has 0 aliphatic heterocycles. The van der Waals surface area contributed by atoms with E-state index in [9.17, 15) is 4.79 Å². The number of hydrogen-bond acceptors (Lipinski definition) is 2. The van der Waals surface area contributed by atoms with Gasteiger partial charge in [-0.05, 0) is 18.8 Å². The van der Waals surface area contributed by atoms with Crippen LogP contribution in [0.25, 0.3) is 0 Å². The molecule has 0 atom stereocenters. The van der Waals surface area contributed by atoms with Gasteiger partial charge in [-0.15, -0.1) is 0 Å². The Balaban J connectivity index is 2.16. The van der Waals surface area contributed by atoms with Crippen LogP contribution in [0.15, 0.2) is 0 Å². The van der Waals surface area contributed by atoms with Crippen molar-refractivity contribution in [2.24, 2.45) is 5.92 Å². The van der Waals surface area contributed by atoms with Crippen LogP contribution < -0.4 is 5.32 Å². The number of hydrogen-bond donors (Lipinski definition) is 2. The standard InChI is InChI=1S/C13H21NO2/c15-10-6-5-9-14-13(16)11-12-7-3-1-2-4-8-12/h12,15H,1-4,7-11H2,(H,14,16). The molecule has 1 amide bonds. The highest BCUT2D eigenvalue weighted by Gasteiger charge is 2.15. The van der Waals surface area contributed by atoms with Crippen molar-refractivity contribution < 1.29 is 9.90 Å². The summed E-state index contributed by atoms with van der Waals surface area (Å²) in [6, 6.07) is 0. The molecule has 0 radical (unpaired) electrons. The van der Waals surface area contributed by atoms with Crippen molar-refractivity contribution in [1.29, 1.82) is 0 Å². The van der Waals surface area contributed by atoms with Gasteiger partial charge in [-0.1, -0.05) is 37.5 Å². The van der Waals surface area contributed by atoms with E-state index >= 15 is 0 Å². The van der Waals surface area contributed by atoms with E-state index in [2.05, 4.69) is 17.2 Å². The van der Waals surface area contributed by atoms with E-state index in [4.69, 9.17) is 5.11 Å². The lowest BCUT2D eigenvalue weighted by molar-refractivity contribution is -0.121. The zero-order chi connectivity index (χ0) is 11.6. The van der Waals surface area contributed by atoms with Crippen molar-refractivity contribution in [3.05, 3.63) is 0 Å². The molecule has 0 aromatic heterocycles. The third kappa shape index (κ3) is 5.77. The highest BCUT2D eigenvalue weighted by Crippen LogP contribution is 2.25. The van der Waals surface area contributed by atoms with Crippen LogP contribution >= 0.6 is 0 Å². The molecule has 1 rings (SSSR count). The summed E-state index contributed by atoms with van der Waals surface area (Å²) >= 11 is 0. The molecule has 1 saturated carbocycles. The van der Waals surface area contributed by atoms with Crippen molar-refractivity contribution >= 4 is 5.91 Å². The molecule has 0 unspecified atom stereocenters.